The third-order valence-corrected chi connectivity index (χ3v) is 3.95. The molecule has 0 aromatic heterocycles. The van der Waals surface area contributed by atoms with Gasteiger partial charge in [-0.2, -0.15) is 0 Å². The molecular formula is C20H20ClNO4. The van der Waals surface area contributed by atoms with Crippen molar-refractivity contribution in [2.24, 2.45) is 0 Å². The first-order valence-corrected chi connectivity index (χ1v) is 8.74. The van der Waals surface area contributed by atoms with Gasteiger partial charge in [-0.15, -0.1) is 0 Å². The van der Waals surface area contributed by atoms with Crippen molar-refractivity contribution in [2.45, 2.75) is 26.2 Å². The minimum absolute atomic E-state index is 0.266. The van der Waals surface area contributed by atoms with Gasteiger partial charge in [0.15, 0.2) is 5.78 Å². The molecule has 0 unspecified atom stereocenters. The van der Waals surface area contributed by atoms with E-state index in [0.717, 1.165) is 12.8 Å². The molecule has 6 heteroatoms. The number of anilines is 1. The number of unbranched alkanes of at least 4 members (excludes halogenated alkanes) is 1. The van der Waals surface area contributed by atoms with Crippen LogP contribution in [-0.2, 0) is 9.53 Å². The number of hydrogen-bond acceptors (Lipinski definition) is 4. The molecular weight excluding hydrogens is 354 g/mol. The summed E-state index contributed by atoms with van der Waals surface area (Å²) in [5, 5.41) is 2.85. The summed E-state index contributed by atoms with van der Waals surface area (Å²) in [5.41, 5.74) is 1.01. The molecule has 26 heavy (non-hydrogen) atoms. The van der Waals surface area contributed by atoms with Crippen LogP contribution in [0.1, 0.15) is 46.9 Å². The van der Waals surface area contributed by atoms with Crippen molar-refractivity contribution in [1.82, 2.24) is 0 Å². The number of carbonyl (C=O) groups excluding carboxylic acids is 3. The fourth-order valence-corrected chi connectivity index (χ4v) is 2.37. The molecule has 0 saturated carbocycles. The van der Waals surface area contributed by atoms with E-state index in [0.29, 0.717) is 12.2 Å². The minimum atomic E-state index is -0.503. The van der Waals surface area contributed by atoms with Crippen molar-refractivity contribution in [1.29, 1.82) is 0 Å². The highest BCUT2D eigenvalue weighted by Gasteiger charge is 2.15. The third kappa shape index (κ3) is 5.70. The lowest BCUT2D eigenvalue weighted by Gasteiger charge is -2.09. The van der Waals surface area contributed by atoms with Gasteiger partial charge in [-0.3, -0.25) is 9.59 Å². The summed E-state index contributed by atoms with van der Waals surface area (Å²) in [6.45, 7) is 2.34. The molecule has 0 heterocycles. The second kappa shape index (κ2) is 9.73. The summed E-state index contributed by atoms with van der Waals surface area (Å²) in [4.78, 5) is 36.2. The van der Waals surface area contributed by atoms with Crippen LogP contribution in [0.5, 0.6) is 0 Å². The molecule has 5 nitrogen and oxygen atoms in total. The number of benzene rings is 2. The normalized spacial score (nSPS) is 10.2. The van der Waals surface area contributed by atoms with Crippen molar-refractivity contribution in [3.05, 3.63) is 64.7 Å². The van der Waals surface area contributed by atoms with Gasteiger partial charge in [0.1, 0.15) is 0 Å². The molecule has 0 atom stereocenters. The summed E-state index contributed by atoms with van der Waals surface area (Å²) in [7, 11) is 0. The number of ether oxygens (including phenoxy) is 1. The van der Waals surface area contributed by atoms with Gasteiger partial charge in [-0.1, -0.05) is 55.3 Å². The monoisotopic (exact) mass is 373 g/mol. The molecule has 2 rings (SSSR count). The van der Waals surface area contributed by atoms with E-state index in [-0.39, 0.29) is 28.5 Å². The molecule has 136 valence electrons. The summed E-state index contributed by atoms with van der Waals surface area (Å²) < 4.78 is 5.14. The smallest absolute Gasteiger partial charge is 0.338 e. The summed E-state index contributed by atoms with van der Waals surface area (Å²) >= 11 is 6.07. The van der Waals surface area contributed by atoms with E-state index in [4.69, 9.17) is 16.3 Å². The van der Waals surface area contributed by atoms with Gasteiger partial charge in [0.05, 0.1) is 29.3 Å². The fraction of sp³-hybridized carbons (Fsp3) is 0.250. The number of halogens is 1. The van der Waals surface area contributed by atoms with E-state index in [1.54, 1.807) is 30.3 Å². The van der Waals surface area contributed by atoms with E-state index in [9.17, 15) is 14.4 Å². The van der Waals surface area contributed by atoms with E-state index in [1.165, 1.54) is 18.2 Å². The van der Waals surface area contributed by atoms with Crippen LogP contribution >= 0.6 is 11.6 Å². The van der Waals surface area contributed by atoms with Gasteiger partial charge in [0, 0.05) is 5.56 Å². The Hall–Kier alpha value is -2.66. The Morgan fingerprint density at radius 2 is 1.77 bits per heavy atom. The Morgan fingerprint density at radius 3 is 2.46 bits per heavy atom. The lowest BCUT2D eigenvalue weighted by atomic mass is 10.1. The van der Waals surface area contributed by atoms with E-state index in [2.05, 4.69) is 5.32 Å². The molecule has 0 radical (unpaired) electrons. The van der Waals surface area contributed by atoms with Crippen LogP contribution < -0.4 is 5.32 Å². The van der Waals surface area contributed by atoms with Crippen LogP contribution in [0.15, 0.2) is 48.5 Å². The van der Waals surface area contributed by atoms with Crippen LogP contribution in [0.25, 0.3) is 0 Å². The highest BCUT2D eigenvalue weighted by Crippen LogP contribution is 2.24. The average molecular weight is 374 g/mol. The Morgan fingerprint density at radius 1 is 1.04 bits per heavy atom. The van der Waals surface area contributed by atoms with Gasteiger partial charge < -0.3 is 10.1 Å². The molecule has 1 N–H and O–H groups in total. The van der Waals surface area contributed by atoms with Crippen molar-refractivity contribution in [3.63, 3.8) is 0 Å². The van der Waals surface area contributed by atoms with Crippen LogP contribution in [0, 0.1) is 0 Å². The number of Topliss-reactive ketones (excluding diaryl/α,β-unsaturated/α-hetero) is 1. The van der Waals surface area contributed by atoms with E-state index in [1.807, 2.05) is 6.92 Å². The predicted molar refractivity (Wildman–Crippen MR) is 101 cm³/mol. The molecule has 2 aromatic rings. The molecule has 0 bridgehead atoms. The van der Waals surface area contributed by atoms with Gasteiger partial charge in [0.2, 0.25) is 5.91 Å². The largest absolute Gasteiger partial charge is 0.462 e. The molecule has 1 amide bonds. The average Bonchev–Trinajstić information content (AvgIpc) is 2.64. The molecule has 0 aliphatic carbocycles. The zero-order chi connectivity index (χ0) is 18.9. The zero-order valence-corrected chi connectivity index (χ0v) is 15.2. The first-order chi connectivity index (χ1) is 12.5. The summed E-state index contributed by atoms with van der Waals surface area (Å²) in [5.74, 6) is -1.28. The second-order valence-corrected chi connectivity index (χ2v) is 6.11. The predicted octanol–water partition coefficient (Wildman–Crippen LogP) is 4.51. The highest BCUT2D eigenvalue weighted by atomic mass is 35.5. The number of rotatable bonds is 8. The number of esters is 1. The standard InChI is InChI=1S/C20H20ClNO4/c1-2-3-11-26-20(25)15-9-10-16(21)17(12-15)22-19(24)13-18(23)14-7-5-4-6-8-14/h4-10,12H,2-3,11,13H2,1H3,(H,22,24). The molecule has 0 aliphatic rings. The first kappa shape index (κ1) is 19.7. The van der Waals surface area contributed by atoms with Crippen molar-refractivity contribution in [3.8, 4) is 0 Å². The second-order valence-electron chi connectivity index (χ2n) is 5.70. The number of amides is 1. The first-order valence-electron chi connectivity index (χ1n) is 8.36. The number of nitrogens with one attached hydrogen (secondary N) is 1. The zero-order valence-electron chi connectivity index (χ0n) is 14.5. The SMILES string of the molecule is CCCCOC(=O)c1ccc(Cl)c(NC(=O)CC(=O)c2ccccc2)c1. The molecule has 0 spiro atoms. The Bertz CT molecular complexity index is 790. The minimum Gasteiger partial charge on any atom is -0.462 e. The maximum absolute atomic E-state index is 12.1. The molecule has 0 aliphatic heterocycles. The molecule has 0 saturated heterocycles. The quantitative estimate of drug-likeness (QED) is 0.320. The van der Waals surface area contributed by atoms with E-state index >= 15 is 0 Å². The lowest BCUT2D eigenvalue weighted by Crippen LogP contribution is -2.17. The van der Waals surface area contributed by atoms with Crippen molar-refractivity contribution >= 4 is 34.9 Å². The molecule has 0 fully saturated rings. The van der Waals surface area contributed by atoms with Crippen LogP contribution in [0.4, 0.5) is 5.69 Å². The van der Waals surface area contributed by atoms with Crippen molar-refractivity contribution < 1.29 is 19.1 Å². The number of ketones is 1. The number of hydrogen-bond donors (Lipinski definition) is 1. The van der Waals surface area contributed by atoms with Crippen LogP contribution in [0.3, 0.4) is 0 Å². The topological polar surface area (TPSA) is 72.5 Å². The Balaban J connectivity index is 2.01. The Labute approximate surface area is 157 Å². The van der Waals surface area contributed by atoms with Gasteiger partial charge in [-0.25, -0.2) is 4.79 Å². The van der Waals surface area contributed by atoms with Crippen molar-refractivity contribution in [2.75, 3.05) is 11.9 Å². The fourth-order valence-electron chi connectivity index (χ4n) is 2.21. The molecule has 2 aromatic carbocycles. The van der Waals surface area contributed by atoms with Crippen LogP contribution in [-0.4, -0.2) is 24.3 Å². The van der Waals surface area contributed by atoms with Gasteiger partial charge in [0.25, 0.3) is 0 Å². The highest BCUT2D eigenvalue weighted by molar-refractivity contribution is 6.34. The summed E-state index contributed by atoms with van der Waals surface area (Å²) in [6, 6.07) is 13.0. The van der Waals surface area contributed by atoms with E-state index < -0.39 is 11.9 Å². The maximum Gasteiger partial charge on any atom is 0.338 e. The van der Waals surface area contributed by atoms with Gasteiger partial charge >= 0.3 is 5.97 Å². The Kier molecular flexibility index (Phi) is 7.36. The van der Waals surface area contributed by atoms with Gasteiger partial charge in [-0.05, 0) is 24.6 Å². The third-order valence-electron chi connectivity index (χ3n) is 3.62. The maximum atomic E-state index is 12.1. The lowest BCUT2D eigenvalue weighted by molar-refractivity contribution is -0.115. The number of carbonyl (C=O) groups is 3. The summed E-state index contributed by atoms with van der Waals surface area (Å²) in [6.07, 6.45) is 1.39. The van der Waals surface area contributed by atoms with Crippen LogP contribution in [0.2, 0.25) is 5.02 Å².